The Morgan fingerprint density at radius 2 is 2.00 bits per heavy atom. The normalized spacial score (nSPS) is 11.0. The number of hydrogen-bond acceptors (Lipinski definition) is 3. The third kappa shape index (κ3) is 1.62. The highest BCUT2D eigenvalue weighted by Crippen LogP contribution is 2.24. The highest BCUT2D eigenvalue weighted by atomic mass is 15.1. The van der Waals surface area contributed by atoms with Crippen molar-refractivity contribution < 1.29 is 0 Å². The van der Waals surface area contributed by atoms with Gasteiger partial charge in [0.15, 0.2) is 0 Å². The molecule has 0 fully saturated rings. The molecule has 4 nitrogen and oxygen atoms in total. The van der Waals surface area contributed by atoms with Crippen molar-refractivity contribution in [1.82, 2.24) is 14.5 Å². The number of aryl methyl sites for hydroxylation is 2. The molecule has 1 aromatic carbocycles. The first kappa shape index (κ1) is 10.8. The van der Waals surface area contributed by atoms with Gasteiger partial charge >= 0.3 is 0 Å². The van der Waals surface area contributed by atoms with E-state index in [1.165, 1.54) is 0 Å². The van der Waals surface area contributed by atoms with Gasteiger partial charge in [0.05, 0.1) is 11.2 Å². The van der Waals surface area contributed by atoms with Crippen LogP contribution in [0.5, 0.6) is 0 Å². The second-order valence-corrected chi connectivity index (χ2v) is 4.40. The molecule has 0 bridgehead atoms. The molecule has 18 heavy (non-hydrogen) atoms. The van der Waals surface area contributed by atoms with Crippen LogP contribution < -0.4 is 5.73 Å². The monoisotopic (exact) mass is 238 g/mol. The summed E-state index contributed by atoms with van der Waals surface area (Å²) >= 11 is 0. The summed E-state index contributed by atoms with van der Waals surface area (Å²) in [6, 6.07) is 7.83. The average molecular weight is 238 g/mol. The number of imidazole rings is 1. The van der Waals surface area contributed by atoms with E-state index in [9.17, 15) is 0 Å². The van der Waals surface area contributed by atoms with Gasteiger partial charge in [-0.25, -0.2) is 4.98 Å². The van der Waals surface area contributed by atoms with Crippen LogP contribution in [0, 0.1) is 13.8 Å². The maximum Gasteiger partial charge on any atom is 0.110 e. The highest BCUT2D eigenvalue weighted by Gasteiger charge is 2.08. The maximum atomic E-state index is 5.87. The van der Waals surface area contributed by atoms with Crippen LogP contribution in [0.4, 0.5) is 5.69 Å². The lowest BCUT2D eigenvalue weighted by Crippen LogP contribution is -1.99. The number of rotatable bonds is 1. The molecular weight excluding hydrogens is 224 g/mol. The minimum atomic E-state index is 0.743. The van der Waals surface area contributed by atoms with E-state index in [0.29, 0.717) is 0 Å². The van der Waals surface area contributed by atoms with Gasteiger partial charge in [0, 0.05) is 29.2 Å². The van der Waals surface area contributed by atoms with E-state index in [4.69, 9.17) is 5.73 Å². The summed E-state index contributed by atoms with van der Waals surface area (Å²) in [5.41, 5.74) is 9.61. The molecule has 2 aromatic heterocycles. The van der Waals surface area contributed by atoms with Crippen molar-refractivity contribution in [3.63, 3.8) is 0 Å². The summed E-state index contributed by atoms with van der Waals surface area (Å²) < 4.78 is 2.05. The molecule has 90 valence electrons. The summed E-state index contributed by atoms with van der Waals surface area (Å²) in [4.78, 5) is 8.79. The van der Waals surface area contributed by atoms with Crippen molar-refractivity contribution >= 4 is 16.6 Å². The van der Waals surface area contributed by atoms with Crippen molar-refractivity contribution in [3.8, 4) is 5.69 Å². The Morgan fingerprint density at radius 1 is 1.17 bits per heavy atom. The lowest BCUT2D eigenvalue weighted by atomic mass is 10.1. The molecule has 0 saturated heterocycles. The maximum absolute atomic E-state index is 5.87. The first-order valence-electron chi connectivity index (χ1n) is 5.82. The number of nitrogen functional groups attached to an aromatic ring is 1. The SMILES string of the molecule is Cc1cc(-n2ccnc2C)c2cc(N)ccc2n1. The molecule has 4 heteroatoms. The third-order valence-electron chi connectivity index (χ3n) is 3.02. The fraction of sp³-hybridized carbons (Fsp3) is 0.143. The molecule has 0 aliphatic rings. The van der Waals surface area contributed by atoms with Gasteiger partial charge in [0.2, 0.25) is 0 Å². The van der Waals surface area contributed by atoms with Crippen LogP contribution in [0.3, 0.4) is 0 Å². The van der Waals surface area contributed by atoms with Gasteiger partial charge in [-0.1, -0.05) is 0 Å². The third-order valence-corrected chi connectivity index (χ3v) is 3.02. The molecule has 2 N–H and O–H groups in total. The Bertz CT molecular complexity index is 728. The Balaban J connectivity index is 2.40. The zero-order valence-corrected chi connectivity index (χ0v) is 10.4. The molecule has 3 aromatic rings. The average Bonchev–Trinajstić information content (AvgIpc) is 2.75. The standard InChI is InChI=1S/C14H14N4/c1-9-7-14(18-6-5-16-10(18)2)12-8-11(15)3-4-13(12)17-9/h3-8H,15H2,1-2H3. The summed E-state index contributed by atoms with van der Waals surface area (Å²) in [6.45, 7) is 3.97. The minimum absolute atomic E-state index is 0.743. The predicted molar refractivity (Wildman–Crippen MR) is 72.8 cm³/mol. The van der Waals surface area contributed by atoms with E-state index < -0.39 is 0 Å². The zero-order valence-electron chi connectivity index (χ0n) is 10.4. The van der Waals surface area contributed by atoms with Gasteiger partial charge in [-0.3, -0.25) is 4.98 Å². The first-order chi connectivity index (χ1) is 8.65. The lowest BCUT2D eigenvalue weighted by molar-refractivity contribution is 0.977. The van der Waals surface area contributed by atoms with E-state index in [1.54, 1.807) is 6.20 Å². The van der Waals surface area contributed by atoms with Crippen molar-refractivity contribution in [1.29, 1.82) is 0 Å². The number of hydrogen-bond donors (Lipinski definition) is 1. The van der Waals surface area contributed by atoms with E-state index in [0.717, 1.165) is 33.8 Å². The molecular formula is C14H14N4. The predicted octanol–water partition coefficient (Wildman–Crippen LogP) is 2.62. The Kier molecular flexibility index (Phi) is 2.30. The Labute approximate surface area is 105 Å². The summed E-state index contributed by atoms with van der Waals surface area (Å²) in [5.74, 6) is 0.948. The van der Waals surface area contributed by atoms with Gasteiger partial charge in [0.1, 0.15) is 5.82 Å². The van der Waals surface area contributed by atoms with Crippen LogP contribution in [0.25, 0.3) is 16.6 Å². The highest BCUT2D eigenvalue weighted by molar-refractivity contribution is 5.89. The second-order valence-electron chi connectivity index (χ2n) is 4.40. The topological polar surface area (TPSA) is 56.7 Å². The molecule has 2 heterocycles. The summed E-state index contributed by atoms with van der Waals surface area (Å²) in [7, 11) is 0. The number of fused-ring (bicyclic) bond motifs is 1. The molecule has 0 atom stereocenters. The largest absolute Gasteiger partial charge is 0.399 e. The Morgan fingerprint density at radius 3 is 2.72 bits per heavy atom. The van der Waals surface area contributed by atoms with E-state index >= 15 is 0 Å². The van der Waals surface area contributed by atoms with Gasteiger partial charge in [-0.2, -0.15) is 0 Å². The van der Waals surface area contributed by atoms with Gasteiger partial charge in [0.25, 0.3) is 0 Å². The van der Waals surface area contributed by atoms with Crippen LogP contribution >= 0.6 is 0 Å². The lowest BCUT2D eigenvalue weighted by Gasteiger charge is -2.10. The van der Waals surface area contributed by atoms with Crippen LogP contribution in [0.1, 0.15) is 11.5 Å². The molecule has 3 rings (SSSR count). The van der Waals surface area contributed by atoms with E-state index in [-0.39, 0.29) is 0 Å². The van der Waals surface area contributed by atoms with Crippen molar-refractivity contribution in [2.45, 2.75) is 13.8 Å². The van der Waals surface area contributed by atoms with Crippen LogP contribution in [0.2, 0.25) is 0 Å². The first-order valence-corrected chi connectivity index (χ1v) is 5.82. The molecule has 0 saturated carbocycles. The van der Waals surface area contributed by atoms with Gasteiger partial charge < -0.3 is 10.3 Å². The number of nitrogens with two attached hydrogens (primary N) is 1. The van der Waals surface area contributed by atoms with E-state index in [2.05, 4.69) is 20.6 Å². The quantitative estimate of drug-likeness (QED) is 0.663. The molecule has 0 radical (unpaired) electrons. The number of nitrogens with zero attached hydrogens (tertiary/aromatic N) is 3. The van der Waals surface area contributed by atoms with E-state index in [1.807, 2.05) is 38.2 Å². The number of pyridine rings is 1. The van der Waals surface area contributed by atoms with Crippen molar-refractivity contribution in [3.05, 3.63) is 48.2 Å². The van der Waals surface area contributed by atoms with Crippen LogP contribution in [0.15, 0.2) is 36.7 Å². The fourth-order valence-electron chi connectivity index (χ4n) is 2.19. The minimum Gasteiger partial charge on any atom is -0.399 e. The van der Waals surface area contributed by atoms with Gasteiger partial charge in [-0.15, -0.1) is 0 Å². The van der Waals surface area contributed by atoms with Gasteiger partial charge in [-0.05, 0) is 38.1 Å². The number of anilines is 1. The second kappa shape index (κ2) is 3.84. The number of aromatic nitrogens is 3. The van der Waals surface area contributed by atoms with Crippen LogP contribution in [-0.2, 0) is 0 Å². The molecule has 0 amide bonds. The smallest absolute Gasteiger partial charge is 0.110 e. The molecule has 0 aliphatic carbocycles. The molecule has 0 aliphatic heterocycles. The molecule has 0 spiro atoms. The molecule has 0 unspecified atom stereocenters. The zero-order chi connectivity index (χ0) is 12.7. The van der Waals surface area contributed by atoms with Crippen LogP contribution in [-0.4, -0.2) is 14.5 Å². The summed E-state index contributed by atoms with van der Waals surface area (Å²) in [6.07, 6.45) is 3.75. The Hall–Kier alpha value is -2.36. The summed E-state index contributed by atoms with van der Waals surface area (Å²) in [5, 5.41) is 1.04. The van der Waals surface area contributed by atoms with Crippen molar-refractivity contribution in [2.24, 2.45) is 0 Å². The number of benzene rings is 1. The fourth-order valence-corrected chi connectivity index (χ4v) is 2.19. The van der Waals surface area contributed by atoms with Crippen molar-refractivity contribution in [2.75, 3.05) is 5.73 Å².